The van der Waals surface area contributed by atoms with Crippen molar-refractivity contribution >= 4 is 5.91 Å². The van der Waals surface area contributed by atoms with E-state index in [4.69, 9.17) is 5.73 Å². The highest BCUT2D eigenvalue weighted by Crippen LogP contribution is 2.32. The molecule has 24 heavy (non-hydrogen) atoms. The predicted octanol–water partition coefficient (Wildman–Crippen LogP) is 3.23. The van der Waals surface area contributed by atoms with Crippen LogP contribution in [0.15, 0.2) is 54.6 Å². The van der Waals surface area contributed by atoms with E-state index in [1.54, 1.807) is 0 Å². The van der Waals surface area contributed by atoms with Crippen LogP contribution in [0.25, 0.3) is 0 Å². The summed E-state index contributed by atoms with van der Waals surface area (Å²) in [5.74, 6) is 0.365. The summed E-state index contributed by atoms with van der Waals surface area (Å²) >= 11 is 0. The van der Waals surface area contributed by atoms with Crippen molar-refractivity contribution in [2.75, 3.05) is 13.1 Å². The summed E-state index contributed by atoms with van der Waals surface area (Å²) in [5.41, 5.74) is 9.27. The van der Waals surface area contributed by atoms with Crippen molar-refractivity contribution in [1.29, 1.82) is 0 Å². The molecule has 3 nitrogen and oxygen atoms in total. The number of hydrogen-bond acceptors (Lipinski definition) is 2. The molecule has 0 radical (unpaired) electrons. The number of benzene rings is 2. The Kier molecular flexibility index (Phi) is 4.46. The van der Waals surface area contributed by atoms with Gasteiger partial charge in [-0.2, -0.15) is 0 Å². The van der Waals surface area contributed by atoms with Gasteiger partial charge in [-0.1, -0.05) is 60.2 Å². The van der Waals surface area contributed by atoms with Gasteiger partial charge in [-0.3, -0.25) is 4.79 Å². The maximum atomic E-state index is 13.1. The number of nitrogens with two attached hydrogens (primary N) is 1. The molecule has 2 N–H and O–H groups in total. The standard InChI is InChI=1S/C21H26N2O/c1-15-9-11-17(12-10-15)21(2,3)20(24)23-13-18(19(22)14-23)16-7-5-4-6-8-16/h4-12,18-19H,13-14,22H2,1-3H3/t18-,19+/m0/s1. The van der Waals surface area contributed by atoms with Crippen LogP contribution >= 0.6 is 0 Å². The maximum absolute atomic E-state index is 13.1. The normalized spacial score (nSPS) is 21.1. The second-order valence-electron chi connectivity index (χ2n) is 7.38. The van der Waals surface area contributed by atoms with Gasteiger partial charge < -0.3 is 10.6 Å². The van der Waals surface area contributed by atoms with E-state index in [1.807, 2.05) is 36.9 Å². The van der Waals surface area contributed by atoms with Crippen molar-refractivity contribution in [1.82, 2.24) is 4.90 Å². The zero-order valence-corrected chi connectivity index (χ0v) is 14.7. The Morgan fingerprint density at radius 1 is 1.04 bits per heavy atom. The summed E-state index contributed by atoms with van der Waals surface area (Å²) in [5, 5.41) is 0. The van der Waals surface area contributed by atoms with Crippen LogP contribution < -0.4 is 5.73 Å². The molecule has 0 spiro atoms. The third-order valence-electron chi connectivity index (χ3n) is 5.19. The van der Waals surface area contributed by atoms with Gasteiger partial charge in [0.2, 0.25) is 5.91 Å². The fourth-order valence-corrected chi connectivity index (χ4v) is 3.54. The average molecular weight is 322 g/mol. The number of likely N-dealkylation sites (tertiary alicyclic amines) is 1. The number of carbonyl (C=O) groups is 1. The minimum atomic E-state index is -0.543. The monoisotopic (exact) mass is 322 g/mol. The third-order valence-corrected chi connectivity index (χ3v) is 5.19. The first-order chi connectivity index (χ1) is 11.4. The minimum absolute atomic E-state index is 0.00910. The predicted molar refractivity (Wildman–Crippen MR) is 97.9 cm³/mol. The van der Waals surface area contributed by atoms with Gasteiger partial charge in [-0.15, -0.1) is 0 Å². The molecule has 1 amide bonds. The SMILES string of the molecule is Cc1ccc(C(C)(C)C(=O)N2C[C@@H](N)[C@H](c3ccccc3)C2)cc1. The highest BCUT2D eigenvalue weighted by Gasteiger charge is 2.40. The summed E-state index contributed by atoms with van der Waals surface area (Å²) in [6, 6.07) is 18.5. The number of aryl methyl sites for hydroxylation is 1. The molecule has 1 heterocycles. The molecule has 2 aromatic carbocycles. The number of amides is 1. The number of nitrogens with zero attached hydrogens (tertiary/aromatic N) is 1. The molecule has 2 atom stereocenters. The van der Waals surface area contributed by atoms with E-state index in [0.717, 1.165) is 5.56 Å². The topological polar surface area (TPSA) is 46.3 Å². The van der Waals surface area contributed by atoms with Crippen molar-refractivity contribution in [3.63, 3.8) is 0 Å². The first-order valence-electron chi connectivity index (χ1n) is 8.56. The van der Waals surface area contributed by atoms with E-state index in [-0.39, 0.29) is 17.9 Å². The van der Waals surface area contributed by atoms with Gasteiger partial charge in [0, 0.05) is 25.0 Å². The van der Waals surface area contributed by atoms with Crippen molar-refractivity contribution < 1.29 is 4.79 Å². The molecule has 1 aliphatic rings. The Morgan fingerprint density at radius 2 is 1.67 bits per heavy atom. The fraction of sp³-hybridized carbons (Fsp3) is 0.381. The van der Waals surface area contributed by atoms with Crippen LogP contribution in [0.2, 0.25) is 0 Å². The van der Waals surface area contributed by atoms with Gasteiger partial charge >= 0.3 is 0 Å². The zero-order chi connectivity index (χ0) is 17.3. The summed E-state index contributed by atoms with van der Waals surface area (Å²) in [6.45, 7) is 7.37. The van der Waals surface area contributed by atoms with E-state index >= 15 is 0 Å². The Hall–Kier alpha value is -2.13. The van der Waals surface area contributed by atoms with E-state index in [9.17, 15) is 4.79 Å². The first-order valence-corrected chi connectivity index (χ1v) is 8.56. The van der Waals surface area contributed by atoms with Crippen LogP contribution in [0.5, 0.6) is 0 Å². The lowest BCUT2D eigenvalue weighted by atomic mass is 9.83. The Bertz CT molecular complexity index is 706. The van der Waals surface area contributed by atoms with Crippen LogP contribution in [0.4, 0.5) is 0 Å². The molecule has 3 rings (SSSR count). The second kappa shape index (κ2) is 6.40. The highest BCUT2D eigenvalue weighted by atomic mass is 16.2. The molecular formula is C21H26N2O. The quantitative estimate of drug-likeness (QED) is 0.943. The van der Waals surface area contributed by atoms with Crippen LogP contribution in [0, 0.1) is 6.92 Å². The zero-order valence-electron chi connectivity index (χ0n) is 14.7. The van der Waals surface area contributed by atoms with Gasteiger partial charge in [0.05, 0.1) is 5.41 Å². The van der Waals surface area contributed by atoms with E-state index in [2.05, 4.69) is 43.3 Å². The lowest BCUT2D eigenvalue weighted by molar-refractivity contribution is -0.135. The smallest absolute Gasteiger partial charge is 0.232 e. The lowest BCUT2D eigenvalue weighted by Crippen LogP contribution is -2.43. The third kappa shape index (κ3) is 3.09. The molecule has 0 saturated carbocycles. The molecule has 0 unspecified atom stereocenters. The Balaban J connectivity index is 1.79. The van der Waals surface area contributed by atoms with Crippen molar-refractivity contribution in [3.05, 3.63) is 71.3 Å². The molecule has 1 aliphatic heterocycles. The van der Waals surface area contributed by atoms with Crippen molar-refractivity contribution in [2.24, 2.45) is 5.73 Å². The largest absolute Gasteiger partial charge is 0.340 e. The van der Waals surface area contributed by atoms with Gasteiger partial charge in [0.25, 0.3) is 0 Å². The Labute approximate surface area is 144 Å². The summed E-state index contributed by atoms with van der Waals surface area (Å²) in [4.78, 5) is 15.1. The van der Waals surface area contributed by atoms with Crippen LogP contribution in [0.1, 0.15) is 36.5 Å². The van der Waals surface area contributed by atoms with Crippen molar-refractivity contribution in [2.45, 2.75) is 38.1 Å². The summed E-state index contributed by atoms with van der Waals surface area (Å²) in [7, 11) is 0. The van der Waals surface area contributed by atoms with E-state index < -0.39 is 5.41 Å². The molecule has 1 saturated heterocycles. The maximum Gasteiger partial charge on any atom is 0.232 e. The van der Waals surface area contributed by atoms with E-state index in [1.165, 1.54) is 11.1 Å². The Morgan fingerprint density at radius 3 is 2.29 bits per heavy atom. The molecule has 126 valence electrons. The highest BCUT2D eigenvalue weighted by molar-refractivity contribution is 5.87. The van der Waals surface area contributed by atoms with Gasteiger partial charge in [0.1, 0.15) is 0 Å². The summed E-state index contributed by atoms with van der Waals surface area (Å²) < 4.78 is 0. The molecule has 2 aromatic rings. The number of carbonyl (C=O) groups excluding carboxylic acids is 1. The van der Waals surface area contributed by atoms with Gasteiger partial charge in [0.15, 0.2) is 0 Å². The lowest BCUT2D eigenvalue weighted by Gasteiger charge is -2.30. The first kappa shape index (κ1) is 16.7. The fourth-order valence-electron chi connectivity index (χ4n) is 3.54. The van der Waals surface area contributed by atoms with Gasteiger partial charge in [-0.05, 0) is 31.9 Å². The molecular weight excluding hydrogens is 296 g/mol. The van der Waals surface area contributed by atoms with Crippen molar-refractivity contribution in [3.8, 4) is 0 Å². The van der Waals surface area contributed by atoms with E-state index in [0.29, 0.717) is 13.1 Å². The molecule has 1 fully saturated rings. The molecule has 0 bridgehead atoms. The minimum Gasteiger partial charge on any atom is -0.340 e. The molecule has 3 heteroatoms. The van der Waals surface area contributed by atoms with Gasteiger partial charge in [-0.25, -0.2) is 0 Å². The second-order valence-corrected chi connectivity index (χ2v) is 7.38. The van der Waals surface area contributed by atoms with Crippen LogP contribution in [-0.4, -0.2) is 29.9 Å². The number of hydrogen-bond donors (Lipinski definition) is 1. The van der Waals surface area contributed by atoms with Crippen LogP contribution in [-0.2, 0) is 10.2 Å². The van der Waals surface area contributed by atoms with Crippen LogP contribution in [0.3, 0.4) is 0 Å². The number of rotatable bonds is 3. The average Bonchev–Trinajstić information content (AvgIpc) is 2.97. The molecule has 0 aliphatic carbocycles. The summed E-state index contributed by atoms with van der Waals surface area (Å²) in [6.07, 6.45) is 0. The molecule has 0 aromatic heterocycles.